The molecule has 0 amide bonds. The minimum Gasteiger partial charge on any atom is -0.299 e. The van der Waals surface area contributed by atoms with E-state index in [4.69, 9.17) is 0 Å². The van der Waals surface area contributed by atoms with Gasteiger partial charge in [0.05, 0.1) is 11.9 Å². The smallest absolute Gasteiger partial charge is 0.232 e. The Hall–Kier alpha value is -1.85. The van der Waals surface area contributed by atoms with Gasteiger partial charge in [-0.15, -0.1) is 0 Å². The molecule has 134 valence electrons. The summed E-state index contributed by atoms with van der Waals surface area (Å²) in [7, 11) is -3.28. The Kier molecular flexibility index (Phi) is 5.76. The summed E-state index contributed by atoms with van der Waals surface area (Å²) in [5, 5.41) is 0. The molecule has 1 saturated heterocycles. The summed E-state index contributed by atoms with van der Waals surface area (Å²) in [4.78, 5) is 2.44. The standard InChI is InChI=1S/C20H26N2O2S/c1-25(23,24)22(20-12-6-3-7-13-20)17-19-11-8-14-21(16-19)15-18-9-4-2-5-10-18/h2-7,9-10,12-13,19H,8,11,14-17H2,1H3/t19-/m1/s1. The summed E-state index contributed by atoms with van der Waals surface area (Å²) in [5.74, 6) is 0.354. The van der Waals surface area contributed by atoms with Crippen LogP contribution in [0.25, 0.3) is 0 Å². The van der Waals surface area contributed by atoms with Gasteiger partial charge >= 0.3 is 0 Å². The van der Waals surface area contributed by atoms with Crippen LogP contribution in [0.15, 0.2) is 60.7 Å². The summed E-state index contributed by atoms with van der Waals surface area (Å²) in [6.07, 6.45) is 3.48. The highest BCUT2D eigenvalue weighted by Gasteiger charge is 2.26. The Morgan fingerprint density at radius 2 is 1.68 bits per heavy atom. The van der Waals surface area contributed by atoms with E-state index in [1.54, 1.807) is 4.31 Å². The third-order valence-corrected chi connectivity index (χ3v) is 5.88. The summed E-state index contributed by atoms with van der Waals surface area (Å²) in [6, 6.07) is 19.9. The van der Waals surface area contributed by atoms with Crippen molar-refractivity contribution in [3.63, 3.8) is 0 Å². The molecule has 1 aliphatic rings. The molecule has 0 bridgehead atoms. The largest absolute Gasteiger partial charge is 0.299 e. The molecular formula is C20H26N2O2S. The van der Waals surface area contributed by atoms with Crippen LogP contribution in [0.4, 0.5) is 5.69 Å². The summed E-state index contributed by atoms with van der Waals surface area (Å²) < 4.78 is 26.1. The molecule has 1 heterocycles. The third-order valence-electron chi connectivity index (χ3n) is 4.72. The molecule has 5 heteroatoms. The van der Waals surface area contributed by atoms with E-state index in [1.165, 1.54) is 11.8 Å². The number of likely N-dealkylation sites (tertiary alicyclic amines) is 1. The van der Waals surface area contributed by atoms with Crippen molar-refractivity contribution in [2.75, 3.05) is 30.2 Å². The van der Waals surface area contributed by atoms with Crippen LogP contribution >= 0.6 is 0 Å². The number of benzene rings is 2. The lowest BCUT2D eigenvalue weighted by atomic mass is 9.97. The van der Waals surface area contributed by atoms with Crippen molar-refractivity contribution < 1.29 is 8.42 Å². The Labute approximate surface area is 151 Å². The molecule has 0 aromatic heterocycles. The topological polar surface area (TPSA) is 40.6 Å². The Bertz CT molecular complexity index is 763. The number of anilines is 1. The highest BCUT2D eigenvalue weighted by Crippen LogP contribution is 2.24. The average Bonchev–Trinajstić information content (AvgIpc) is 2.61. The van der Waals surface area contributed by atoms with E-state index in [0.29, 0.717) is 12.5 Å². The molecule has 25 heavy (non-hydrogen) atoms. The van der Waals surface area contributed by atoms with Gasteiger partial charge in [-0.2, -0.15) is 0 Å². The van der Waals surface area contributed by atoms with Gasteiger partial charge in [0.1, 0.15) is 0 Å². The van der Waals surface area contributed by atoms with Crippen molar-refractivity contribution in [3.05, 3.63) is 66.2 Å². The van der Waals surface area contributed by atoms with E-state index in [1.807, 2.05) is 36.4 Å². The van der Waals surface area contributed by atoms with E-state index in [9.17, 15) is 8.42 Å². The number of sulfonamides is 1. The zero-order chi connectivity index (χ0) is 17.7. The monoisotopic (exact) mass is 358 g/mol. The number of piperidine rings is 1. The predicted molar refractivity (Wildman–Crippen MR) is 103 cm³/mol. The maximum absolute atomic E-state index is 12.3. The predicted octanol–water partition coefficient (Wildman–Crippen LogP) is 3.36. The Morgan fingerprint density at radius 1 is 1.04 bits per heavy atom. The first kappa shape index (κ1) is 18.0. The van der Waals surface area contributed by atoms with E-state index in [2.05, 4.69) is 29.2 Å². The van der Waals surface area contributed by atoms with E-state index in [-0.39, 0.29) is 0 Å². The molecule has 0 aliphatic carbocycles. The van der Waals surface area contributed by atoms with Crippen LogP contribution in [-0.4, -0.2) is 39.2 Å². The van der Waals surface area contributed by atoms with Gasteiger partial charge in [-0.05, 0) is 43.0 Å². The second-order valence-electron chi connectivity index (χ2n) is 6.86. The number of hydrogen-bond acceptors (Lipinski definition) is 3. The van der Waals surface area contributed by atoms with Gasteiger partial charge in [0.15, 0.2) is 0 Å². The molecule has 0 spiro atoms. The molecule has 0 saturated carbocycles. The van der Waals surface area contributed by atoms with Crippen molar-refractivity contribution >= 4 is 15.7 Å². The van der Waals surface area contributed by atoms with Crippen LogP contribution < -0.4 is 4.31 Å². The highest BCUT2D eigenvalue weighted by molar-refractivity contribution is 7.92. The first-order chi connectivity index (χ1) is 12.0. The van der Waals surface area contributed by atoms with Crippen molar-refractivity contribution in [2.45, 2.75) is 19.4 Å². The van der Waals surface area contributed by atoms with E-state index < -0.39 is 10.0 Å². The molecular weight excluding hydrogens is 332 g/mol. The first-order valence-electron chi connectivity index (χ1n) is 8.81. The number of para-hydroxylation sites is 1. The van der Waals surface area contributed by atoms with Crippen LogP contribution in [0.3, 0.4) is 0 Å². The van der Waals surface area contributed by atoms with Gasteiger partial charge in [-0.3, -0.25) is 9.21 Å². The van der Waals surface area contributed by atoms with Gasteiger partial charge in [0, 0.05) is 19.6 Å². The van der Waals surface area contributed by atoms with Crippen LogP contribution in [0.1, 0.15) is 18.4 Å². The quantitative estimate of drug-likeness (QED) is 0.795. The maximum Gasteiger partial charge on any atom is 0.232 e. The van der Waals surface area contributed by atoms with E-state index >= 15 is 0 Å². The maximum atomic E-state index is 12.3. The molecule has 0 N–H and O–H groups in total. The van der Waals surface area contributed by atoms with Gasteiger partial charge in [-0.25, -0.2) is 8.42 Å². The fourth-order valence-corrected chi connectivity index (χ4v) is 4.53. The number of nitrogens with zero attached hydrogens (tertiary/aromatic N) is 2. The minimum atomic E-state index is -3.28. The van der Waals surface area contributed by atoms with E-state index in [0.717, 1.165) is 38.2 Å². The molecule has 4 nitrogen and oxygen atoms in total. The normalized spacial score (nSPS) is 18.8. The van der Waals surface area contributed by atoms with Crippen LogP contribution in [-0.2, 0) is 16.6 Å². The van der Waals surface area contributed by atoms with Gasteiger partial charge in [0.25, 0.3) is 0 Å². The second kappa shape index (κ2) is 8.02. The van der Waals surface area contributed by atoms with Crippen LogP contribution in [0, 0.1) is 5.92 Å². The SMILES string of the molecule is CS(=O)(=O)N(C[C@@H]1CCCN(Cc2ccccc2)C1)c1ccccc1. The number of rotatable bonds is 6. The second-order valence-corrected chi connectivity index (χ2v) is 8.77. The summed E-state index contributed by atoms with van der Waals surface area (Å²) in [6.45, 7) is 3.50. The van der Waals surface area contributed by atoms with Crippen LogP contribution in [0.5, 0.6) is 0 Å². The molecule has 1 fully saturated rings. The molecule has 0 unspecified atom stereocenters. The molecule has 3 rings (SSSR count). The lowest BCUT2D eigenvalue weighted by Gasteiger charge is -2.35. The number of hydrogen-bond donors (Lipinski definition) is 0. The minimum absolute atomic E-state index is 0.354. The zero-order valence-corrected chi connectivity index (χ0v) is 15.5. The molecule has 2 aromatic carbocycles. The van der Waals surface area contributed by atoms with Crippen molar-refractivity contribution in [1.29, 1.82) is 0 Å². The molecule has 1 aliphatic heterocycles. The Balaban J connectivity index is 1.68. The van der Waals surface area contributed by atoms with Crippen molar-refractivity contribution in [2.24, 2.45) is 5.92 Å². The van der Waals surface area contributed by atoms with Crippen molar-refractivity contribution in [3.8, 4) is 0 Å². The fraction of sp³-hybridized carbons (Fsp3) is 0.400. The summed E-state index contributed by atoms with van der Waals surface area (Å²) in [5.41, 5.74) is 2.07. The summed E-state index contributed by atoms with van der Waals surface area (Å²) >= 11 is 0. The molecule has 2 aromatic rings. The van der Waals surface area contributed by atoms with Gasteiger partial charge in [-0.1, -0.05) is 48.5 Å². The zero-order valence-electron chi connectivity index (χ0n) is 14.7. The van der Waals surface area contributed by atoms with Gasteiger partial charge < -0.3 is 0 Å². The first-order valence-corrected chi connectivity index (χ1v) is 10.7. The van der Waals surface area contributed by atoms with Gasteiger partial charge in [0.2, 0.25) is 10.0 Å². The average molecular weight is 359 g/mol. The third kappa shape index (κ3) is 5.06. The van der Waals surface area contributed by atoms with Crippen molar-refractivity contribution in [1.82, 2.24) is 4.90 Å². The van der Waals surface area contributed by atoms with Crippen LogP contribution in [0.2, 0.25) is 0 Å². The lowest BCUT2D eigenvalue weighted by Crippen LogP contribution is -2.42. The molecule has 1 atom stereocenters. The Morgan fingerprint density at radius 3 is 2.32 bits per heavy atom. The molecule has 0 radical (unpaired) electrons. The lowest BCUT2D eigenvalue weighted by molar-refractivity contribution is 0.171. The highest BCUT2D eigenvalue weighted by atomic mass is 32.2. The fourth-order valence-electron chi connectivity index (χ4n) is 3.55.